The highest BCUT2D eigenvalue weighted by Gasteiger charge is 2.07. The van der Waals surface area contributed by atoms with Crippen LogP contribution in [-0.2, 0) is 9.05 Å². The molecule has 0 unspecified atom stereocenters. The van der Waals surface area contributed by atoms with Crippen LogP contribution in [0.15, 0.2) is 18.2 Å². The Kier molecular flexibility index (Phi) is 4.70. The van der Waals surface area contributed by atoms with Gasteiger partial charge in [0.1, 0.15) is 18.1 Å². The van der Waals surface area contributed by atoms with Crippen molar-refractivity contribution in [3.8, 4) is 11.5 Å². The Morgan fingerprint density at radius 2 is 2.06 bits per heavy atom. The van der Waals surface area contributed by atoms with Gasteiger partial charge in [-0.2, -0.15) is 0 Å². The Morgan fingerprint density at radius 1 is 1.38 bits per heavy atom. The lowest BCUT2D eigenvalue weighted by molar-refractivity contribution is 0.340. The van der Waals surface area contributed by atoms with E-state index in [1.165, 1.54) is 7.11 Å². The second kappa shape index (κ2) is 5.61. The molecule has 0 heterocycles. The third-order valence-corrected chi connectivity index (χ3v) is 3.14. The molecule has 0 N–H and O–H groups in total. The van der Waals surface area contributed by atoms with Gasteiger partial charge in [-0.25, -0.2) is 8.42 Å². The van der Waals surface area contributed by atoms with Gasteiger partial charge < -0.3 is 9.47 Å². The largest absolute Gasteiger partial charge is 0.497 e. The maximum atomic E-state index is 10.6. The molecule has 4 nitrogen and oxygen atoms in total. The molecule has 0 aromatic heterocycles. The zero-order chi connectivity index (χ0) is 12.2. The van der Waals surface area contributed by atoms with Crippen LogP contribution in [-0.4, -0.2) is 27.9 Å². The van der Waals surface area contributed by atoms with E-state index in [2.05, 4.69) is 0 Å². The van der Waals surface area contributed by atoms with Gasteiger partial charge in [-0.15, -0.1) is 0 Å². The molecule has 0 saturated heterocycles. The fourth-order valence-corrected chi connectivity index (χ4v) is 1.67. The number of hydrogen-bond donors (Lipinski definition) is 0. The molecule has 0 radical (unpaired) electrons. The molecule has 16 heavy (non-hydrogen) atoms. The lowest BCUT2D eigenvalue weighted by Gasteiger charge is -2.08. The lowest BCUT2D eigenvalue weighted by atomic mass is 10.3. The van der Waals surface area contributed by atoms with E-state index >= 15 is 0 Å². The minimum Gasteiger partial charge on any atom is -0.497 e. The number of rotatable bonds is 5. The molecule has 0 atom stereocenters. The van der Waals surface area contributed by atoms with Crippen LogP contribution in [0.1, 0.15) is 0 Å². The van der Waals surface area contributed by atoms with Gasteiger partial charge in [0.25, 0.3) is 0 Å². The van der Waals surface area contributed by atoms with Gasteiger partial charge in [0, 0.05) is 16.7 Å². The van der Waals surface area contributed by atoms with Crippen LogP contribution >= 0.6 is 22.3 Å². The van der Waals surface area contributed by atoms with Crippen LogP contribution < -0.4 is 9.47 Å². The summed E-state index contributed by atoms with van der Waals surface area (Å²) in [5.74, 6) is 0.724. The standard InChI is InChI=1S/C9H10Cl2O4S/c1-14-7-2-3-9(8(10)6-7)15-4-5-16(11,12)13/h2-3,6H,4-5H2,1H3. The highest BCUT2D eigenvalue weighted by molar-refractivity contribution is 8.13. The molecule has 0 bridgehead atoms. The Balaban J connectivity index is 2.61. The minimum atomic E-state index is -3.54. The molecule has 7 heteroatoms. The molecule has 1 aromatic rings. The Labute approximate surface area is 103 Å². The third kappa shape index (κ3) is 4.47. The van der Waals surface area contributed by atoms with Crippen molar-refractivity contribution in [2.24, 2.45) is 0 Å². The molecule has 0 amide bonds. The normalized spacial score (nSPS) is 11.2. The van der Waals surface area contributed by atoms with Crippen LogP contribution in [0.5, 0.6) is 11.5 Å². The van der Waals surface area contributed by atoms with E-state index in [0.29, 0.717) is 16.5 Å². The molecule has 0 aliphatic rings. The molecule has 0 aliphatic carbocycles. The van der Waals surface area contributed by atoms with Crippen molar-refractivity contribution in [1.29, 1.82) is 0 Å². The topological polar surface area (TPSA) is 52.6 Å². The van der Waals surface area contributed by atoms with Gasteiger partial charge in [0.15, 0.2) is 0 Å². The molecular formula is C9H10Cl2O4S. The summed E-state index contributed by atoms with van der Waals surface area (Å²) >= 11 is 5.87. The predicted molar refractivity (Wildman–Crippen MR) is 63.1 cm³/mol. The zero-order valence-electron chi connectivity index (χ0n) is 8.44. The molecule has 0 saturated carbocycles. The smallest absolute Gasteiger partial charge is 0.235 e. The summed E-state index contributed by atoms with van der Waals surface area (Å²) in [6.07, 6.45) is 0. The molecule has 1 aromatic carbocycles. The second-order valence-corrected chi connectivity index (χ2v) is 6.19. The van der Waals surface area contributed by atoms with Gasteiger partial charge in [0.2, 0.25) is 9.05 Å². The van der Waals surface area contributed by atoms with Crippen molar-refractivity contribution in [2.45, 2.75) is 0 Å². The number of halogens is 2. The summed E-state index contributed by atoms with van der Waals surface area (Å²) in [4.78, 5) is 0. The summed E-state index contributed by atoms with van der Waals surface area (Å²) in [6, 6.07) is 4.84. The van der Waals surface area contributed by atoms with E-state index < -0.39 is 9.05 Å². The highest BCUT2D eigenvalue weighted by atomic mass is 35.7. The van der Waals surface area contributed by atoms with Crippen molar-refractivity contribution in [3.05, 3.63) is 23.2 Å². The van der Waals surface area contributed by atoms with E-state index in [1.54, 1.807) is 18.2 Å². The Morgan fingerprint density at radius 3 is 2.56 bits per heavy atom. The number of methoxy groups -OCH3 is 1. The number of hydrogen-bond acceptors (Lipinski definition) is 4. The van der Waals surface area contributed by atoms with Crippen LogP contribution in [0, 0.1) is 0 Å². The quantitative estimate of drug-likeness (QED) is 0.779. The molecular weight excluding hydrogens is 275 g/mol. The highest BCUT2D eigenvalue weighted by Crippen LogP contribution is 2.28. The van der Waals surface area contributed by atoms with Crippen molar-refractivity contribution in [1.82, 2.24) is 0 Å². The first-order chi connectivity index (χ1) is 7.42. The zero-order valence-corrected chi connectivity index (χ0v) is 10.8. The van der Waals surface area contributed by atoms with Crippen molar-refractivity contribution >= 4 is 31.3 Å². The number of benzene rings is 1. The van der Waals surface area contributed by atoms with E-state index in [1.807, 2.05) is 0 Å². The molecule has 0 fully saturated rings. The van der Waals surface area contributed by atoms with Gasteiger partial charge in [-0.3, -0.25) is 0 Å². The summed E-state index contributed by atoms with van der Waals surface area (Å²) in [6.45, 7) is -0.0438. The maximum absolute atomic E-state index is 10.6. The van der Waals surface area contributed by atoms with Crippen LogP contribution in [0.25, 0.3) is 0 Å². The monoisotopic (exact) mass is 284 g/mol. The van der Waals surface area contributed by atoms with Crippen molar-refractivity contribution in [3.63, 3.8) is 0 Å². The van der Waals surface area contributed by atoms with Gasteiger partial charge in [0.05, 0.1) is 17.9 Å². The Bertz CT molecular complexity index is 459. The first kappa shape index (κ1) is 13.4. The third-order valence-electron chi connectivity index (χ3n) is 1.72. The van der Waals surface area contributed by atoms with Gasteiger partial charge in [-0.05, 0) is 12.1 Å². The molecule has 1 rings (SSSR count). The van der Waals surface area contributed by atoms with Gasteiger partial charge >= 0.3 is 0 Å². The van der Waals surface area contributed by atoms with Crippen LogP contribution in [0.4, 0.5) is 0 Å². The SMILES string of the molecule is COc1ccc(OCCS(=O)(=O)Cl)c(Cl)c1. The predicted octanol–water partition coefficient (Wildman–Crippen LogP) is 2.30. The average molecular weight is 285 g/mol. The Hall–Kier alpha value is -0.650. The van der Waals surface area contributed by atoms with Crippen molar-refractivity contribution in [2.75, 3.05) is 19.5 Å². The average Bonchev–Trinajstić information content (AvgIpc) is 2.18. The maximum Gasteiger partial charge on any atom is 0.235 e. The van der Waals surface area contributed by atoms with E-state index in [4.69, 9.17) is 31.8 Å². The minimum absolute atomic E-state index is 0.0438. The van der Waals surface area contributed by atoms with Crippen molar-refractivity contribution < 1.29 is 17.9 Å². The van der Waals surface area contributed by atoms with Crippen LogP contribution in [0.2, 0.25) is 5.02 Å². The summed E-state index contributed by atoms with van der Waals surface area (Å²) < 4.78 is 31.4. The van der Waals surface area contributed by atoms with Gasteiger partial charge in [-0.1, -0.05) is 11.6 Å². The van der Waals surface area contributed by atoms with E-state index in [9.17, 15) is 8.42 Å². The fraction of sp³-hybridized carbons (Fsp3) is 0.333. The van der Waals surface area contributed by atoms with E-state index in [-0.39, 0.29) is 12.4 Å². The van der Waals surface area contributed by atoms with E-state index in [0.717, 1.165) is 0 Å². The fourth-order valence-electron chi connectivity index (χ4n) is 0.977. The first-order valence-corrected chi connectivity index (χ1v) is 7.16. The second-order valence-electron chi connectivity index (χ2n) is 2.89. The molecule has 0 spiro atoms. The molecule has 90 valence electrons. The summed E-state index contributed by atoms with van der Waals surface area (Å²) in [5, 5.41) is 0.353. The lowest BCUT2D eigenvalue weighted by Crippen LogP contribution is -2.08. The van der Waals surface area contributed by atoms with Crippen LogP contribution in [0.3, 0.4) is 0 Å². The summed E-state index contributed by atoms with van der Waals surface area (Å²) in [5.41, 5.74) is 0. The first-order valence-electron chi connectivity index (χ1n) is 4.31. The number of ether oxygens (including phenoxy) is 2. The summed E-state index contributed by atoms with van der Waals surface area (Å²) in [7, 11) is 3.01. The molecule has 0 aliphatic heterocycles.